The molecule has 4 rings (SSSR count). The van der Waals surface area contributed by atoms with E-state index in [4.69, 9.17) is 0 Å². The summed E-state index contributed by atoms with van der Waals surface area (Å²) in [7, 11) is 0. The summed E-state index contributed by atoms with van der Waals surface area (Å²) in [6.45, 7) is 7.38. The van der Waals surface area contributed by atoms with Gasteiger partial charge >= 0.3 is 0 Å². The van der Waals surface area contributed by atoms with Gasteiger partial charge in [0.1, 0.15) is 0 Å². The molecule has 0 aliphatic carbocycles. The molecule has 7 nitrogen and oxygen atoms in total. The molecule has 0 unspecified atom stereocenters. The monoisotopic (exact) mass is 381 g/mol. The minimum atomic E-state index is -0.177. The van der Waals surface area contributed by atoms with Gasteiger partial charge < -0.3 is 15.1 Å². The van der Waals surface area contributed by atoms with Crippen LogP contribution in [0, 0.1) is 6.92 Å². The number of carbonyl (C=O) groups is 2. The summed E-state index contributed by atoms with van der Waals surface area (Å²) in [6, 6.07) is 8.28. The molecule has 0 bridgehead atoms. The van der Waals surface area contributed by atoms with Gasteiger partial charge in [-0.2, -0.15) is 5.10 Å². The lowest BCUT2D eigenvalue weighted by molar-refractivity contribution is -0.133. The Morgan fingerprint density at radius 3 is 2.43 bits per heavy atom. The number of likely N-dealkylation sites (tertiary alicyclic amines) is 1. The Morgan fingerprint density at radius 2 is 1.79 bits per heavy atom. The van der Waals surface area contributed by atoms with Crippen LogP contribution in [0.5, 0.6) is 0 Å². The minimum Gasteiger partial charge on any atom is -0.354 e. The molecule has 1 aromatic carbocycles. The maximum atomic E-state index is 12.3. The fourth-order valence-corrected chi connectivity index (χ4v) is 4.96. The Kier molecular flexibility index (Phi) is 4.69. The molecule has 1 spiro atoms. The van der Waals surface area contributed by atoms with Gasteiger partial charge in [-0.15, -0.1) is 5.10 Å². The zero-order chi connectivity index (χ0) is 19.9. The Balaban J connectivity index is 1.57. The summed E-state index contributed by atoms with van der Waals surface area (Å²) in [4.78, 5) is 28.0. The van der Waals surface area contributed by atoms with E-state index in [1.54, 1.807) is 6.92 Å². The highest BCUT2D eigenvalue weighted by Crippen LogP contribution is 2.40. The molecule has 0 radical (unpaired) electrons. The van der Waals surface area contributed by atoms with Gasteiger partial charge in [0.2, 0.25) is 11.8 Å². The highest BCUT2D eigenvalue weighted by atomic mass is 16.2. The van der Waals surface area contributed by atoms with E-state index in [9.17, 15) is 9.59 Å². The van der Waals surface area contributed by atoms with Gasteiger partial charge in [0.05, 0.1) is 5.69 Å². The number of aryl methyl sites for hydroxylation is 1. The van der Waals surface area contributed by atoms with E-state index in [1.807, 2.05) is 24.0 Å². The predicted octanol–water partition coefficient (Wildman–Crippen LogP) is 2.03. The van der Waals surface area contributed by atoms with Crippen molar-refractivity contribution in [3.63, 3.8) is 0 Å². The van der Waals surface area contributed by atoms with E-state index in [0.29, 0.717) is 6.54 Å². The van der Waals surface area contributed by atoms with Crippen molar-refractivity contribution in [1.82, 2.24) is 20.4 Å². The molecule has 2 saturated heterocycles. The number of benzene rings is 1. The van der Waals surface area contributed by atoms with Gasteiger partial charge in [-0.25, -0.2) is 0 Å². The third kappa shape index (κ3) is 3.19. The lowest BCUT2D eigenvalue weighted by Gasteiger charge is -2.45. The fourth-order valence-electron chi connectivity index (χ4n) is 4.96. The summed E-state index contributed by atoms with van der Waals surface area (Å²) in [5.41, 5.74) is 0.758. The van der Waals surface area contributed by atoms with Crippen LogP contribution < -0.4 is 10.2 Å². The van der Waals surface area contributed by atoms with E-state index in [1.165, 1.54) is 6.92 Å². The first-order valence-corrected chi connectivity index (χ1v) is 9.92. The number of hydrogen-bond acceptors (Lipinski definition) is 5. The second-order valence-corrected chi connectivity index (χ2v) is 8.10. The van der Waals surface area contributed by atoms with E-state index in [2.05, 4.69) is 32.5 Å². The van der Waals surface area contributed by atoms with Gasteiger partial charge in [-0.3, -0.25) is 9.59 Å². The number of aromatic nitrogens is 2. The molecule has 2 aromatic rings. The molecule has 2 aliphatic rings. The topological polar surface area (TPSA) is 78.4 Å². The van der Waals surface area contributed by atoms with E-state index in [0.717, 1.165) is 54.6 Å². The van der Waals surface area contributed by atoms with Crippen LogP contribution in [-0.2, 0) is 9.59 Å². The van der Waals surface area contributed by atoms with Crippen LogP contribution in [0.4, 0.5) is 5.82 Å². The van der Waals surface area contributed by atoms with Gasteiger partial charge in [0, 0.05) is 55.8 Å². The van der Waals surface area contributed by atoms with Crippen molar-refractivity contribution in [2.24, 2.45) is 0 Å². The first kappa shape index (κ1) is 18.7. The van der Waals surface area contributed by atoms with Crippen molar-refractivity contribution in [1.29, 1.82) is 0 Å². The summed E-state index contributed by atoms with van der Waals surface area (Å²) in [5, 5.41) is 14.1. The Morgan fingerprint density at radius 1 is 1.11 bits per heavy atom. The number of rotatable bonds is 2. The molecule has 3 heterocycles. The molecule has 0 saturated carbocycles. The highest BCUT2D eigenvalue weighted by molar-refractivity contribution is 5.93. The Bertz CT molecular complexity index is 920. The van der Waals surface area contributed by atoms with Crippen molar-refractivity contribution in [2.75, 3.05) is 24.5 Å². The number of amides is 2. The van der Waals surface area contributed by atoms with Crippen LogP contribution in [0.2, 0.25) is 0 Å². The summed E-state index contributed by atoms with van der Waals surface area (Å²) >= 11 is 0. The lowest BCUT2D eigenvalue weighted by atomic mass is 9.84. The average Bonchev–Trinajstić information content (AvgIpc) is 3.00. The summed E-state index contributed by atoms with van der Waals surface area (Å²) in [6.07, 6.45) is 2.55. The maximum Gasteiger partial charge on any atom is 0.219 e. The molecule has 28 heavy (non-hydrogen) atoms. The predicted molar refractivity (Wildman–Crippen MR) is 108 cm³/mol. The minimum absolute atomic E-state index is 0.0351. The van der Waals surface area contributed by atoms with Crippen LogP contribution in [0.25, 0.3) is 10.8 Å². The molecule has 2 aliphatic heterocycles. The van der Waals surface area contributed by atoms with E-state index >= 15 is 0 Å². The molecule has 1 atom stereocenters. The average molecular weight is 381 g/mol. The summed E-state index contributed by atoms with van der Waals surface area (Å²) in [5.74, 6) is 0.966. The molecule has 2 amide bonds. The number of nitrogens with one attached hydrogen (secondary N) is 1. The van der Waals surface area contributed by atoms with Gasteiger partial charge in [0.25, 0.3) is 0 Å². The van der Waals surface area contributed by atoms with Crippen LogP contribution in [0.15, 0.2) is 24.3 Å². The largest absolute Gasteiger partial charge is 0.354 e. The standard InChI is InChI=1S/C21H27N5O2/c1-14-18-6-4-5-7-19(18)20(24-23-14)25-10-8-21(9-11-25)12-17(22-15(2)27)13-26(21)16(3)28/h4-7,17H,8-13H2,1-3H3,(H,22,27)/t17-/m1/s1. The van der Waals surface area contributed by atoms with Crippen LogP contribution in [0.3, 0.4) is 0 Å². The molecule has 1 aromatic heterocycles. The van der Waals surface area contributed by atoms with Gasteiger partial charge in [-0.05, 0) is 26.2 Å². The first-order valence-electron chi connectivity index (χ1n) is 9.92. The molecule has 148 valence electrons. The quantitative estimate of drug-likeness (QED) is 0.861. The van der Waals surface area contributed by atoms with Crippen LogP contribution in [-0.4, -0.2) is 58.1 Å². The first-order chi connectivity index (χ1) is 13.4. The highest BCUT2D eigenvalue weighted by Gasteiger charge is 2.48. The number of hydrogen-bond donors (Lipinski definition) is 1. The zero-order valence-electron chi connectivity index (χ0n) is 16.7. The summed E-state index contributed by atoms with van der Waals surface area (Å²) < 4.78 is 0. The molecule has 2 fully saturated rings. The number of nitrogens with zero attached hydrogens (tertiary/aromatic N) is 4. The Labute approximate surface area is 165 Å². The number of carbonyl (C=O) groups excluding carboxylic acids is 2. The number of fused-ring (bicyclic) bond motifs is 1. The Hall–Kier alpha value is -2.70. The second kappa shape index (κ2) is 7.04. The SMILES string of the molecule is CC(=O)N[C@H]1CN(C(C)=O)C2(CCN(c3nnc(C)c4ccccc34)CC2)C1. The van der Waals surface area contributed by atoms with Crippen LogP contribution >= 0.6 is 0 Å². The van der Waals surface area contributed by atoms with E-state index in [-0.39, 0.29) is 23.4 Å². The lowest BCUT2D eigenvalue weighted by Crippen LogP contribution is -2.53. The van der Waals surface area contributed by atoms with Crippen molar-refractivity contribution >= 4 is 28.4 Å². The normalized spacial score (nSPS) is 21.3. The molecular formula is C21H27N5O2. The third-order valence-electron chi connectivity index (χ3n) is 6.24. The molecule has 1 N–H and O–H groups in total. The van der Waals surface area contributed by atoms with Gasteiger partial charge in [-0.1, -0.05) is 24.3 Å². The molecular weight excluding hydrogens is 354 g/mol. The van der Waals surface area contributed by atoms with E-state index < -0.39 is 0 Å². The fraction of sp³-hybridized carbons (Fsp3) is 0.524. The van der Waals surface area contributed by atoms with Crippen molar-refractivity contribution in [2.45, 2.75) is 51.6 Å². The second-order valence-electron chi connectivity index (χ2n) is 8.10. The van der Waals surface area contributed by atoms with Crippen LogP contribution in [0.1, 0.15) is 38.8 Å². The van der Waals surface area contributed by atoms with Gasteiger partial charge in [0.15, 0.2) is 5.82 Å². The molecule has 7 heteroatoms. The number of piperidine rings is 1. The zero-order valence-corrected chi connectivity index (χ0v) is 16.7. The van der Waals surface area contributed by atoms with Crippen molar-refractivity contribution < 1.29 is 9.59 Å². The smallest absolute Gasteiger partial charge is 0.219 e. The van der Waals surface area contributed by atoms with Crippen molar-refractivity contribution in [3.05, 3.63) is 30.0 Å². The number of anilines is 1. The maximum absolute atomic E-state index is 12.3. The third-order valence-corrected chi connectivity index (χ3v) is 6.24. The van der Waals surface area contributed by atoms with Crippen molar-refractivity contribution in [3.8, 4) is 0 Å².